The van der Waals surface area contributed by atoms with Crippen molar-refractivity contribution in [2.24, 2.45) is 5.73 Å². The minimum atomic E-state index is -0.383. The number of likely N-dealkylation sites (tertiary alicyclic amines) is 1. The molecule has 0 bridgehead atoms. The lowest BCUT2D eigenvalue weighted by atomic mass is 10.1. The molecule has 1 saturated heterocycles. The van der Waals surface area contributed by atoms with Gasteiger partial charge in [-0.05, 0) is 31.5 Å². The van der Waals surface area contributed by atoms with Gasteiger partial charge in [-0.15, -0.1) is 0 Å². The number of hydrogen-bond acceptors (Lipinski definition) is 4. The van der Waals surface area contributed by atoms with Gasteiger partial charge in [0.15, 0.2) is 0 Å². The van der Waals surface area contributed by atoms with E-state index in [1.807, 2.05) is 6.07 Å². The fourth-order valence-electron chi connectivity index (χ4n) is 2.22. The maximum atomic E-state index is 10.7. The zero-order valence-electron chi connectivity index (χ0n) is 10.2. The quantitative estimate of drug-likeness (QED) is 0.668. The minimum Gasteiger partial charge on any atom is -0.323 e. The van der Waals surface area contributed by atoms with Crippen LogP contribution in [0.25, 0.3) is 0 Å². The molecular weight excluding hydrogens is 250 g/mol. The zero-order valence-corrected chi connectivity index (χ0v) is 11.2. The smallest absolute Gasteiger partial charge is 0.269 e. The van der Waals surface area contributed by atoms with Gasteiger partial charge in [0.2, 0.25) is 0 Å². The predicted octanol–water partition coefficient (Wildman–Crippen LogP) is 1.80. The van der Waals surface area contributed by atoms with Gasteiger partial charge in [-0.2, -0.15) is 13.5 Å². The van der Waals surface area contributed by atoms with Gasteiger partial charge in [-0.3, -0.25) is 10.1 Å². The lowest BCUT2D eigenvalue weighted by Crippen LogP contribution is -2.29. The van der Waals surface area contributed by atoms with E-state index in [-0.39, 0.29) is 30.1 Å². The summed E-state index contributed by atoms with van der Waals surface area (Å²) in [6.45, 7) is 2.95. The minimum absolute atomic E-state index is 0. The molecule has 1 aliphatic rings. The first-order chi connectivity index (χ1) is 8.16. The van der Waals surface area contributed by atoms with E-state index in [1.54, 1.807) is 12.1 Å². The monoisotopic (exact) mass is 269 g/mol. The molecular formula is C12H19N3O2S. The molecule has 0 radical (unpaired) electrons. The largest absolute Gasteiger partial charge is 0.323 e. The van der Waals surface area contributed by atoms with Crippen LogP contribution in [0.5, 0.6) is 0 Å². The Labute approximate surface area is 114 Å². The molecule has 0 aromatic heterocycles. The highest BCUT2D eigenvalue weighted by molar-refractivity contribution is 7.59. The third-order valence-corrected chi connectivity index (χ3v) is 3.16. The lowest BCUT2D eigenvalue weighted by Gasteiger charge is -2.20. The standard InChI is InChI=1S/C12H17N3O2.H2S/c13-12(9-14-6-1-2-7-14)10-4-3-5-11(8-10)15(16)17;/h3-5,8,12H,1-2,6-7,9,13H2;1H2/t12-;/m1./s1. The van der Waals surface area contributed by atoms with Crippen LogP contribution in [-0.2, 0) is 0 Å². The molecule has 18 heavy (non-hydrogen) atoms. The Morgan fingerprint density at radius 3 is 2.67 bits per heavy atom. The molecule has 5 nitrogen and oxygen atoms in total. The molecule has 1 aliphatic heterocycles. The van der Waals surface area contributed by atoms with Crippen LogP contribution in [0.3, 0.4) is 0 Å². The van der Waals surface area contributed by atoms with Crippen molar-refractivity contribution in [3.63, 3.8) is 0 Å². The van der Waals surface area contributed by atoms with Crippen molar-refractivity contribution in [1.29, 1.82) is 0 Å². The van der Waals surface area contributed by atoms with Gasteiger partial charge in [0.1, 0.15) is 0 Å². The van der Waals surface area contributed by atoms with Gasteiger partial charge in [0, 0.05) is 24.7 Å². The van der Waals surface area contributed by atoms with Crippen LogP contribution in [0, 0.1) is 10.1 Å². The van der Waals surface area contributed by atoms with Crippen LogP contribution in [0.4, 0.5) is 5.69 Å². The van der Waals surface area contributed by atoms with Crippen LogP contribution in [-0.4, -0.2) is 29.5 Å². The van der Waals surface area contributed by atoms with E-state index in [9.17, 15) is 10.1 Å². The van der Waals surface area contributed by atoms with Crippen molar-refractivity contribution < 1.29 is 4.92 Å². The molecule has 0 spiro atoms. The lowest BCUT2D eigenvalue weighted by molar-refractivity contribution is -0.384. The maximum Gasteiger partial charge on any atom is 0.269 e. The Balaban J connectivity index is 0.00000162. The summed E-state index contributed by atoms with van der Waals surface area (Å²) in [5.74, 6) is 0. The second-order valence-corrected chi connectivity index (χ2v) is 4.47. The number of nitro benzene ring substituents is 1. The van der Waals surface area contributed by atoms with Gasteiger partial charge in [-0.25, -0.2) is 0 Å². The zero-order chi connectivity index (χ0) is 12.3. The predicted molar refractivity (Wildman–Crippen MR) is 76.1 cm³/mol. The second-order valence-electron chi connectivity index (χ2n) is 4.47. The maximum absolute atomic E-state index is 10.7. The van der Waals surface area contributed by atoms with Crippen molar-refractivity contribution in [2.45, 2.75) is 18.9 Å². The highest BCUT2D eigenvalue weighted by atomic mass is 32.1. The molecule has 1 fully saturated rings. The van der Waals surface area contributed by atoms with Crippen molar-refractivity contribution in [3.05, 3.63) is 39.9 Å². The van der Waals surface area contributed by atoms with E-state index in [0.717, 1.165) is 25.2 Å². The summed E-state index contributed by atoms with van der Waals surface area (Å²) in [5.41, 5.74) is 7.03. The number of nitro groups is 1. The van der Waals surface area contributed by atoms with Gasteiger partial charge >= 0.3 is 0 Å². The first kappa shape index (κ1) is 14.9. The van der Waals surface area contributed by atoms with Crippen LogP contribution in [0.1, 0.15) is 24.4 Å². The topological polar surface area (TPSA) is 72.4 Å². The molecule has 100 valence electrons. The number of non-ortho nitro benzene ring substituents is 1. The summed E-state index contributed by atoms with van der Waals surface area (Å²) < 4.78 is 0. The van der Waals surface area contributed by atoms with Crippen molar-refractivity contribution in [3.8, 4) is 0 Å². The first-order valence-electron chi connectivity index (χ1n) is 5.89. The molecule has 2 rings (SSSR count). The fraction of sp³-hybridized carbons (Fsp3) is 0.500. The van der Waals surface area contributed by atoms with E-state index in [0.29, 0.717) is 0 Å². The summed E-state index contributed by atoms with van der Waals surface area (Å²) >= 11 is 0. The Morgan fingerprint density at radius 2 is 2.06 bits per heavy atom. The Hall–Kier alpha value is -1.11. The highest BCUT2D eigenvalue weighted by Crippen LogP contribution is 2.19. The number of hydrogen-bond donors (Lipinski definition) is 1. The van der Waals surface area contributed by atoms with Gasteiger partial charge in [0.05, 0.1) is 4.92 Å². The van der Waals surface area contributed by atoms with Crippen molar-refractivity contribution >= 4 is 19.2 Å². The molecule has 1 atom stereocenters. The van der Waals surface area contributed by atoms with E-state index in [4.69, 9.17) is 5.73 Å². The third-order valence-electron chi connectivity index (χ3n) is 3.16. The molecule has 0 unspecified atom stereocenters. The van der Waals surface area contributed by atoms with Crippen LogP contribution < -0.4 is 5.73 Å². The third kappa shape index (κ3) is 3.69. The molecule has 0 amide bonds. The number of benzene rings is 1. The first-order valence-corrected chi connectivity index (χ1v) is 5.89. The molecule has 0 aliphatic carbocycles. The Morgan fingerprint density at radius 1 is 1.39 bits per heavy atom. The van der Waals surface area contributed by atoms with Crippen LogP contribution in [0.15, 0.2) is 24.3 Å². The van der Waals surface area contributed by atoms with Crippen LogP contribution in [0.2, 0.25) is 0 Å². The SMILES string of the molecule is N[C@H](CN1CCCC1)c1cccc([N+](=O)[O-])c1.S. The average Bonchev–Trinajstić information content (AvgIpc) is 2.82. The molecule has 0 saturated carbocycles. The molecule has 2 N–H and O–H groups in total. The van der Waals surface area contributed by atoms with Crippen LogP contribution >= 0.6 is 13.5 Å². The highest BCUT2D eigenvalue weighted by Gasteiger charge is 2.17. The van der Waals surface area contributed by atoms with Crippen molar-refractivity contribution in [2.75, 3.05) is 19.6 Å². The van der Waals surface area contributed by atoms with Crippen molar-refractivity contribution in [1.82, 2.24) is 4.90 Å². The van der Waals surface area contributed by atoms with E-state index in [1.165, 1.54) is 18.9 Å². The normalized spacial score (nSPS) is 17.2. The van der Waals surface area contributed by atoms with Gasteiger partial charge < -0.3 is 10.6 Å². The van der Waals surface area contributed by atoms with Gasteiger partial charge in [0.25, 0.3) is 5.69 Å². The molecule has 1 heterocycles. The Kier molecular flexibility index (Phi) is 5.58. The summed E-state index contributed by atoms with van der Waals surface area (Å²) in [6.07, 6.45) is 2.45. The van der Waals surface area contributed by atoms with E-state index in [2.05, 4.69) is 4.90 Å². The summed E-state index contributed by atoms with van der Waals surface area (Å²) in [5, 5.41) is 10.7. The fourth-order valence-corrected chi connectivity index (χ4v) is 2.22. The Bertz CT molecular complexity index is 408. The number of nitrogens with two attached hydrogens (primary N) is 1. The summed E-state index contributed by atoms with van der Waals surface area (Å²) in [7, 11) is 0. The number of nitrogens with zero attached hydrogens (tertiary/aromatic N) is 2. The number of rotatable bonds is 4. The summed E-state index contributed by atoms with van der Waals surface area (Å²) in [6, 6.07) is 6.46. The summed E-state index contributed by atoms with van der Waals surface area (Å²) in [4.78, 5) is 12.6. The van der Waals surface area contributed by atoms with Gasteiger partial charge in [-0.1, -0.05) is 12.1 Å². The molecule has 6 heteroatoms. The van der Waals surface area contributed by atoms with E-state index >= 15 is 0 Å². The second kappa shape index (κ2) is 6.72. The molecule has 1 aromatic rings. The van der Waals surface area contributed by atoms with E-state index < -0.39 is 0 Å². The average molecular weight is 269 g/mol. The molecule has 1 aromatic carbocycles.